The Bertz CT molecular complexity index is 1550. The number of carbonyl (C=O) groups is 1. The molecule has 38 heavy (non-hydrogen) atoms. The zero-order chi connectivity index (χ0) is 26.6. The van der Waals surface area contributed by atoms with Gasteiger partial charge in [-0.15, -0.1) is 0 Å². The van der Waals surface area contributed by atoms with E-state index in [1.165, 1.54) is 12.1 Å². The number of morpholine rings is 1. The third kappa shape index (κ3) is 4.08. The van der Waals surface area contributed by atoms with E-state index >= 15 is 0 Å². The summed E-state index contributed by atoms with van der Waals surface area (Å²) in [6.45, 7) is 5.38. The summed E-state index contributed by atoms with van der Waals surface area (Å²) in [5, 5.41) is 10.8. The van der Waals surface area contributed by atoms with E-state index < -0.39 is 29.9 Å². The van der Waals surface area contributed by atoms with Gasteiger partial charge in [-0.2, -0.15) is 14.6 Å². The topological polar surface area (TPSA) is 89.6 Å². The van der Waals surface area contributed by atoms with Gasteiger partial charge in [0.15, 0.2) is 5.65 Å². The predicted molar refractivity (Wildman–Crippen MR) is 134 cm³/mol. The monoisotopic (exact) mass is 525 g/mol. The minimum absolute atomic E-state index is 0.114. The number of rotatable bonds is 6. The lowest BCUT2D eigenvalue weighted by Gasteiger charge is -2.29. The molecule has 3 aromatic heterocycles. The van der Waals surface area contributed by atoms with E-state index in [0.717, 1.165) is 22.1 Å². The number of fused-ring (bicyclic) bond motifs is 1. The molecule has 2 aliphatic rings. The van der Waals surface area contributed by atoms with Crippen LogP contribution in [-0.2, 0) is 10.3 Å². The van der Waals surface area contributed by atoms with Crippen molar-refractivity contribution in [3.8, 4) is 11.1 Å². The van der Waals surface area contributed by atoms with Gasteiger partial charge < -0.3 is 15.0 Å². The first kappa shape index (κ1) is 24.4. The molecule has 1 saturated carbocycles. The van der Waals surface area contributed by atoms with Gasteiger partial charge in [-0.25, -0.2) is 23.0 Å². The van der Waals surface area contributed by atoms with Crippen molar-refractivity contribution in [3.63, 3.8) is 0 Å². The molecule has 0 spiro atoms. The Morgan fingerprint density at radius 2 is 1.92 bits per heavy atom. The number of carbonyl (C=O) groups excluding carboxylic acids is 1. The molecule has 2 fully saturated rings. The van der Waals surface area contributed by atoms with Crippen LogP contribution in [0.4, 0.5) is 24.5 Å². The lowest BCUT2D eigenvalue weighted by atomic mass is 10.00. The van der Waals surface area contributed by atoms with Crippen LogP contribution in [0.2, 0.25) is 0 Å². The Morgan fingerprint density at radius 1 is 1.16 bits per heavy atom. The summed E-state index contributed by atoms with van der Waals surface area (Å²) in [7, 11) is 0. The van der Waals surface area contributed by atoms with Gasteiger partial charge in [-0.05, 0) is 56.0 Å². The number of amides is 1. The first-order valence-corrected chi connectivity index (χ1v) is 12.4. The number of hydrogen-bond donors (Lipinski definition) is 1. The molecule has 0 radical (unpaired) electrons. The molecule has 0 unspecified atom stereocenters. The molecule has 1 aliphatic carbocycles. The first-order valence-electron chi connectivity index (χ1n) is 12.4. The number of alkyl halides is 1. The molecule has 4 heterocycles. The fourth-order valence-corrected chi connectivity index (χ4v) is 4.89. The van der Waals surface area contributed by atoms with E-state index in [-0.39, 0.29) is 11.3 Å². The Balaban J connectivity index is 1.36. The second-order valence-corrected chi connectivity index (χ2v) is 9.86. The largest absolute Gasteiger partial charge is 0.378 e. The van der Waals surface area contributed by atoms with Crippen LogP contribution in [0, 0.1) is 25.6 Å². The number of pyridine rings is 1. The molecular weight excluding hydrogens is 499 g/mol. The van der Waals surface area contributed by atoms with E-state index in [2.05, 4.69) is 25.4 Å². The van der Waals surface area contributed by atoms with Crippen LogP contribution in [0.3, 0.4) is 0 Å². The van der Waals surface area contributed by atoms with Crippen molar-refractivity contribution < 1.29 is 22.7 Å². The van der Waals surface area contributed by atoms with E-state index in [0.29, 0.717) is 61.7 Å². The highest BCUT2D eigenvalue weighted by Gasteiger charge is 2.48. The summed E-state index contributed by atoms with van der Waals surface area (Å²) in [6, 6.07) is 4.80. The number of benzene rings is 1. The summed E-state index contributed by atoms with van der Waals surface area (Å²) < 4.78 is 51.4. The van der Waals surface area contributed by atoms with Crippen molar-refractivity contribution in [2.45, 2.75) is 32.2 Å². The smallest absolute Gasteiger partial charge is 0.262 e. The average molecular weight is 526 g/mol. The maximum Gasteiger partial charge on any atom is 0.262 e. The number of halogens is 3. The molecule has 1 saturated heterocycles. The first-order chi connectivity index (χ1) is 18.3. The number of ether oxygens (including phenoxy) is 1. The average Bonchev–Trinajstić information content (AvgIpc) is 3.46. The highest BCUT2D eigenvalue weighted by molar-refractivity contribution is 6.04. The number of nitrogens with one attached hydrogen (secondary N) is 1. The van der Waals surface area contributed by atoms with Crippen LogP contribution in [-0.4, -0.2) is 63.3 Å². The summed E-state index contributed by atoms with van der Waals surface area (Å²) in [5.41, 5.74) is 2.11. The van der Waals surface area contributed by atoms with E-state index in [9.17, 15) is 18.0 Å². The Hall–Kier alpha value is -3.93. The van der Waals surface area contributed by atoms with Gasteiger partial charge in [-0.3, -0.25) is 4.79 Å². The van der Waals surface area contributed by atoms with Crippen molar-refractivity contribution in [2.24, 2.45) is 0 Å². The van der Waals surface area contributed by atoms with Crippen molar-refractivity contribution in [3.05, 3.63) is 59.3 Å². The molecule has 6 rings (SSSR count). The Labute approximate surface area is 216 Å². The lowest BCUT2D eigenvalue weighted by Crippen LogP contribution is -2.36. The number of aryl methyl sites for hydroxylation is 2. The van der Waals surface area contributed by atoms with Gasteiger partial charge in [0.05, 0.1) is 36.3 Å². The molecule has 4 aromatic rings. The normalized spacial score (nSPS) is 16.7. The molecule has 1 aromatic carbocycles. The quantitative estimate of drug-likeness (QED) is 0.409. The molecule has 1 amide bonds. The number of hydrogen-bond acceptors (Lipinski definition) is 6. The predicted octanol–water partition coefficient (Wildman–Crippen LogP) is 4.04. The third-order valence-corrected chi connectivity index (χ3v) is 7.23. The zero-order valence-corrected chi connectivity index (χ0v) is 21.0. The highest BCUT2D eigenvalue weighted by atomic mass is 19.1. The van der Waals surface area contributed by atoms with Crippen LogP contribution >= 0.6 is 0 Å². The van der Waals surface area contributed by atoms with Crippen molar-refractivity contribution in [2.75, 3.05) is 43.2 Å². The van der Waals surface area contributed by atoms with Crippen LogP contribution < -0.4 is 10.2 Å². The van der Waals surface area contributed by atoms with Gasteiger partial charge in [0.25, 0.3) is 5.91 Å². The van der Waals surface area contributed by atoms with Crippen LogP contribution in [0.1, 0.15) is 34.6 Å². The van der Waals surface area contributed by atoms with E-state index in [4.69, 9.17) is 4.74 Å². The highest BCUT2D eigenvalue weighted by Crippen LogP contribution is 2.44. The second kappa shape index (κ2) is 9.12. The number of nitrogens with zero attached hydrogens (tertiary/aromatic N) is 6. The minimum atomic E-state index is -1.03. The maximum absolute atomic E-state index is 15.0. The molecule has 0 atom stereocenters. The van der Waals surface area contributed by atoms with Gasteiger partial charge in [0.1, 0.15) is 23.9 Å². The number of aromatic nitrogens is 5. The van der Waals surface area contributed by atoms with Crippen molar-refractivity contribution >= 4 is 22.9 Å². The Morgan fingerprint density at radius 3 is 2.63 bits per heavy atom. The fraction of sp³-hybridized carbons (Fsp3) is 0.385. The minimum Gasteiger partial charge on any atom is -0.378 e. The molecule has 0 bridgehead atoms. The SMILES string of the molecule is Cc1nc2c(N3CCOCC3)cc(-c3cc(NC(=O)c4cnn(C5(CF)CC5)c4F)c(F)cc3C)cn2n1. The molecule has 1 N–H and O–H groups in total. The molecule has 9 nitrogen and oxygen atoms in total. The molecule has 1 aliphatic heterocycles. The number of anilines is 2. The second-order valence-electron chi connectivity index (χ2n) is 9.86. The summed E-state index contributed by atoms with van der Waals surface area (Å²) in [6.07, 6.45) is 3.74. The van der Waals surface area contributed by atoms with Crippen LogP contribution in [0.25, 0.3) is 16.8 Å². The third-order valence-electron chi connectivity index (χ3n) is 7.23. The summed E-state index contributed by atoms with van der Waals surface area (Å²) >= 11 is 0. The zero-order valence-electron chi connectivity index (χ0n) is 21.0. The lowest BCUT2D eigenvalue weighted by molar-refractivity contribution is 0.102. The van der Waals surface area contributed by atoms with Crippen molar-refractivity contribution in [1.29, 1.82) is 0 Å². The fourth-order valence-electron chi connectivity index (χ4n) is 4.89. The van der Waals surface area contributed by atoms with Gasteiger partial charge >= 0.3 is 0 Å². The van der Waals surface area contributed by atoms with E-state index in [1.807, 2.05) is 13.0 Å². The van der Waals surface area contributed by atoms with Crippen LogP contribution in [0.5, 0.6) is 0 Å². The van der Waals surface area contributed by atoms with Gasteiger partial charge in [0, 0.05) is 24.8 Å². The molecule has 198 valence electrons. The summed E-state index contributed by atoms with van der Waals surface area (Å²) in [4.78, 5) is 19.6. The van der Waals surface area contributed by atoms with Crippen LogP contribution in [0.15, 0.2) is 30.6 Å². The van der Waals surface area contributed by atoms with Crippen molar-refractivity contribution in [1.82, 2.24) is 24.4 Å². The Kier molecular flexibility index (Phi) is 5.86. The molecule has 12 heteroatoms. The van der Waals surface area contributed by atoms with Gasteiger partial charge in [-0.1, -0.05) is 0 Å². The summed E-state index contributed by atoms with van der Waals surface area (Å²) in [5.74, 6) is -1.86. The standard InChI is InChI=1S/C26H26F3N7O2/c1-15-9-20(28)21(32-25(37)19-12-30-36(23(19)29)26(14-27)3-4-26)11-18(15)17-10-22(34-5-7-38-8-6-34)24-31-16(2)33-35(24)13-17/h9-13H,3-8,14H2,1-2H3,(H,32,37). The maximum atomic E-state index is 15.0. The van der Waals surface area contributed by atoms with E-state index in [1.54, 1.807) is 17.6 Å². The van der Waals surface area contributed by atoms with Gasteiger partial charge in [0.2, 0.25) is 5.95 Å². The molecular formula is C26H26F3N7O2.